The van der Waals surface area contributed by atoms with Gasteiger partial charge in [-0.3, -0.25) is 9.59 Å². The van der Waals surface area contributed by atoms with Crippen molar-refractivity contribution in [3.05, 3.63) is 71.8 Å². The van der Waals surface area contributed by atoms with Crippen molar-refractivity contribution < 1.29 is 14.0 Å². The molecular weight excluding hydrogens is 352 g/mol. The van der Waals surface area contributed by atoms with Crippen molar-refractivity contribution in [1.29, 1.82) is 0 Å². The Balaban J connectivity index is 1.58. The van der Waals surface area contributed by atoms with Gasteiger partial charge in [0.25, 0.3) is 0 Å². The van der Waals surface area contributed by atoms with Crippen LogP contribution >= 0.6 is 11.6 Å². The van der Waals surface area contributed by atoms with Gasteiger partial charge < -0.3 is 9.73 Å². The minimum atomic E-state index is -0.808. The number of allylic oxidation sites excluding steroid dienone is 3. The SMILES string of the molecule is O=C1C=CC=CC1C(=O)Nc1ccc2oc(-c3ccc(Cl)cc3)nc2c1. The fraction of sp³-hybridized carbons (Fsp3) is 0.0500. The van der Waals surface area contributed by atoms with Crippen LogP contribution in [0.25, 0.3) is 22.6 Å². The van der Waals surface area contributed by atoms with Crippen LogP contribution in [0.3, 0.4) is 0 Å². The maximum atomic E-state index is 12.3. The van der Waals surface area contributed by atoms with Gasteiger partial charge in [0.15, 0.2) is 11.4 Å². The summed E-state index contributed by atoms with van der Waals surface area (Å²) in [7, 11) is 0. The van der Waals surface area contributed by atoms with Crippen LogP contribution in [0.2, 0.25) is 5.02 Å². The van der Waals surface area contributed by atoms with E-state index in [0.29, 0.717) is 27.7 Å². The van der Waals surface area contributed by atoms with Crippen molar-refractivity contribution in [2.24, 2.45) is 5.92 Å². The highest BCUT2D eigenvalue weighted by Gasteiger charge is 2.23. The van der Waals surface area contributed by atoms with Gasteiger partial charge in [0.1, 0.15) is 11.4 Å². The number of aromatic nitrogens is 1. The Labute approximate surface area is 154 Å². The lowest BCUT2D eigenvalue weighted by Crippen LogP contribution is -2.28. The number of hydrogen-bond donors (Lipinski definition) is 1. The third kappa shape index (κ3) is 3.17. The molecule has 0 fully saturated rings. The molecule has 1 amide bonds. The van der Waals surface area contributed by atoms with E-state index >= 15 is 0 Å². The van der Waals surface area contributed by atoms with E-state index in [4.69, 9.17) is 16.0 Å². The van der Waals surface area contributed by atoms with E-state index < -0.39 is 5.92 Å². The number of ketones is 1. The zero-order chi connectivity index (χ0) is 18.1. The number of carbonyl (C=O) groups excluding carboxylic acids is 2. The summed E-state index contributed by atoms with van der Waals surface area (Å²) in [6.07, 6.45) is 6.27. The van der Waals surface area contributed by atoms with E-state index in [1.807, 2.05) is 12.1 Å². The Hall–Kier alpha value is -3.18. The van der Waals surface area contributed by atoms with Gasteiger partial charge in [-0.25, -0.2) is 4.98 Å². The molecule has 1 heterocycles. The molecule has 1 aromatic heterocycles. The normalized spacial score (nSPS) is 16.2. The summed E-state index contributed by atoms with van der Waals surface area (Å²) in [6.45, 7) is 0. The highest BCUT2D eigenvalue weighted by atomic mass is 35.5. The molecule has 1 aliphatic carbocycles. The number of carbonyl (C=O) groups is 2. The molecule has 1 aliphatic rings. The maximum absolute atomic E-state index is 12.3. The number of hydrogen-bond acceptors (Lipinski definition) is 4. The Morgan fingerprint density at radius 3 is 2.69 bits per heavy atom. The van der Waals surface area contributed by atoms with Crippen molar-refractivity contribution >= 4 is 40.1 Å². The van der Waals surface area contributed by atoms with E-state index in [1.165, 1.54) is 6.08 Å². The Kier molecular flexibility index (Phi) is 4.14. The molecule has 0 radical (unpaired) electrons. The third-order valence-corrected chi connectivity index (χ3v) is 4.26. The summed E-state index contributed by atoms with van der Waals surface area (Å²) in [5.41, 5.74) is 2.57. The van der Waals surface area contributed by atoms with Gasteiger partial charge in [-0.2, -0.15) is 0 Å². The first-order chi connectivity index (χ1) is 12.6. The van der Waals surface area contributed by atoms with Crippen molar-refractivity contribution in [2.45, 2.75) is 0 Å². The summed E-state index contributed by atoms with van der Waals surface area (Å²) in [4.78, 5) is 28.5. The minimum absolute atomic E-state index is 0.238. The predicted molar refractivity (Wildman–Crippen MR) is 99.9 cm³/mol. The molecule has 128 valence electrons. The van der Waals surface area contributed by atoms with Gasteiger partial charge in [-0.15, -0.1) is 0 Å². The van der Waals surface area contributed by atoms with Crippen LogP contribution in [-0.2, 0) is 9.59 Å². The smallest absolute Gasteiger partial charge is 0.239 e. The topological polar surface area (TPSA) is 72.2 Å². The number of benzene rings is 2. The minimum Gasteiger partial charge on any atom is -0.436 e. The molecule has 0 bridgehead atoms. The molecule has 3 aromatic rings. The molecule has 2 aromatic carbocycles. The van der Waals surface area contributed by atoms with Gasteiger partial charge in [-0.05, 0) is 48.5 Å². The molecule has 0 saturated heterocycles. The Morgan fingerprint density at radius 2 is 1.92 bits per heavy atom. The second-order valence-corrected chi connectivity index (χ2v) is 6.26. The molecular formula is C20H13ClN2O3. The number of amides is 1. The fourth-order valence-corrected chi connectivity index (χ4v) is 2.81. The number of nitrogens with one attached hydrogen (secondary N) is 1. The van der Waals surface area contributed by atoms with Crippen LogP contribution in [0.5, 0.6) is 0 Å². The van der Waals surface area contributed by atoms with Gasteiger partial charge >= 0.3 is 0 Å². The van der Waals surface area contributed by atoms with Crippen molar-refractivity contribution in [3.8, 4) is 11.5 Å². The highest BCUT2D eigenvalue weighted by Crippen LogP contribution is 2.27. The monoisotopic (exact) mass is 364 g/mol. The fourth-order valence-electron chi connectivity index (χ4n) is 2.68. The first-order valence-electron chi connectivity index (χ1n) is 7.96. The van der Waals surface area contributed by atoms with E-state index in [2.05, 4.69) is 10.3 Å². The van der Waals surface area contributed by atoms with Crippen LogP contribution < -0.4 is 5.32 Å². The Bertz CT molecular complexity index is 1060. The highest BCUT2D eigenvalue weighted by molar-refractivity contribution is 6.30. The number of fused-ring (bicyclic) bond motifs is 1. The molecule has 4 rings (SSSR count). The number of oxazole rings is 1. The zero-order valence-electron chi connectivity index (χ0n) is 13.5. The zero-order valence-corrected chi connectivity index (χ0v) is 14.2. The van der Waals surface area contributed by atoms with Crippen molar-refractivity contribution in [3.63, 3.8) is 0 Å². The standard InChI is InChI=1S/C20H13ClN2O3/c21-13-7-5-12(6-8-13)20-23-16-11-14(9-10-18(16)26-20)22-19(25)15-3-1-2-4-17(15)24/h1-11,15H,(H,22,25). The predicted octanol–water partition coefficient (Wildman–Crippen LogP) is 4.40. The van der Waals surface area contributed by atoms with Crippen LogP contribution in [0, 0.1) is 5.92 Å². The molecule has 1 N–H and O–H groups in total. The molecule has 26 heavy (non-hydrogen) atoms. The third-order valence-electron chi connectivity index (χ3n) is 4.01. The van der Waals surface area contributed by atoms with Crippen molar-refractivity contribution in [1.82, 2.24) is 4.98 Å². The molecule has 0 aliphatic heterocycles. The quantitative estimate of drug-likeness (QED) is 0.699. The average molecular weight is 365 g/mol. The van der Waals surface area contributed by atoms with Crippen LogP contribution in [0.1, 0.15) is 0 Å². The van der Waals surface area contributed by atoms with Gasteiger partial charge in [0.2, 0.25) is 11.8 Å². The molecule has 1 atom stereocenters. The van der Waals surface area contributed by atoms with Gasteiger partial charge in [0, 0.05) is 16.3 Å². The second kappa shape index (κ2) is 6.61. The van der Waals surface area contributed by atoms with E-state index in [1.54, 1.807) is 48.6 Å². The summed E-state index contributed by atoms with van der Waals surface area (Å²) in [5, 5.41) is 3.38. The maximum Gasteiger partial charge on any atom is 0.239 e. The molecule has 0 saturated carbocycles. The largest absolute Gasteiger partial charge is 0.436 e. The first-order valence-corrected chi connectivity index (χ1v) is 8.34. The van der Waals surface area contributed by atoms with Crippen molar-refractivity contribution in [2.75, 3.05) is 5.32 Å². The lowest BCUT2D eigenvalue weighted by Gasteiger charge is -2.12. The molecule has 1 unspecified atom stereocenters. The van der Waals surface area contributed by atoms with E-state index in [0.717, 1.165) is 5.56 Å². The van der Waals surface area contributed by atoms with Gasteiger partial charge in [0.05, 0.1) is 0 Å². The number of halogens is 1. The van der Waals surface area contributed by atoms with Crippen LogP contribution in [-0.4, -0.2) is 16.7 Å². The first kappa shape index (κ1) is 16.3. The number of anilines is 1. The Morgan fingerprint density at radius 1 is 1.12 bits per heavy atom. The lowest BCUT2D eigenvalue weighted by atomic mass is 9.98. The lowest BCUT2D eigenvalue weighted by molar-refractivity contribution is -0.126. The van der Waals surface area contributed by atoms with E-state index in [-0.39, 0.29) is 11.7 Å². The second-order valence-electron chi connectivity index (χ2n) is 5.82. The summed E-state index contributed by atoms with van der Waals surface area (Å²) in [5.74, 6) is -0.956. The number of rotatable bonds is 3. The molecule has 0 spiro atoms. The number of nitrogens with zero attached hydrogens (tertiary/aromatic N) is 1. The van der Waals surface area contributed by atoms with Gasteiger partial charge in [-0.1, -0.05) is 29.8 Å². The average Bonchev–Trinajstić information content (AvgIpc) is 3.06. The molecule has 5 nitrogen and oxygen atoms in total. The summed E-state index contributed by atoms with van der Waals surface area (Å²) >= 11 is 5.90. The van der Waals surface area contributed by atoms with Crippen LogP contribution in [0.15, 0.2) is 71.2 Å². The summed E-state index contributed by atoms with van der Waals surface area (Å²) < 4.78 is 5.75. The molecule has 6 heteroatoms. The summed E-state index contributed by atoms with van der Waals surface area (Å²) in [6, 6.07) is 12.3. The van der Waals surface area contributed by atoms with Crippen LogP contribution in [0.4, 0.5) is 5.69 Å². The van der Waals surface area contributed by atoms with E-state index in [9.17, 15) is 9.59 Å².